The van der Waals surface area contributed by atoms with Crippen molar-refractivity contribution >= 4 is 22.8 Å². The van der Waals surface area contributed by atoms with Crippen LogP contribution >= 0.6 is 11.3 Å². The van der Waals surface area contributed by atoms with Crippen molar-refractivity contribution in [3.8, 4) is 27.8 Å². The second-order valence-corrected chi connectivity index (χ2v) is 7.09. The molecule has 4 aromatic rings. The molecule has 0 bridgehead atoms. The van der Waals surface area contributed by atoms with Gasteiger partial charge in [0, 0.05) is 22.5 Å². The summed E-state index contributed by atoms with van der Waals surface area (Å²) in [7, 11) is 0. The second kappa shape index (κ2) is 5.93. The third kappa shape index (κ3) is 2.35. The summed E-state index contributed by atoms with van der Waals surface area (Å²) in [6.45, 7) is 5.89. The average molecular weight is 360 g/mol. The number of pyridine rings is 1. The first kappa shape index (κ1) is 16.2. The van der Waals surface area contributed by atoms with E-state index in [-0.39, 0.29) is 5.82 Å². The lowest BCUT2D eigenvalue weighted by Gasteiger charge is -2.13. The number of hydrogen-bond donors (Lipinski definition) is 1. The molecule has 2 N–H and O–H groups in total. The van der Waals surface area contributed by atoms with E-state index in [1.807, 2.05) is 44.4 Å². The van der Waals surface area contributed by atoms with Crippen LogP contribution in [0.2, 0.25) is 0 Å². The summed E-state index contributed by atoms with van der Waals surface area (Å²) in [5, 5.41) is 16.2. The van der Waals surface area contributed by atoms with E-state index in [0.29, 0.717) is 11.2 Å². The third-order valence-corrected chi connectivity index (χ3v) is 5.26. The van der Waals surface area contributed by atoms with Gasteiger partial charge in [-0.15, -0.1) is 11.3 Å². The maximum atomic E-state index is 9.71. The van der Waals surface area contributed by atoms with Gasteiger partial charge in [0.25, 0.3) is 0 Å². The van der Waals surface area contributed by atoms with Gasteiger partial charge in [0.2, 0.25) is 0 Å². The fourth-order valence-electron chi connectivity index (χ4n) is 3.24. The predicted molar refractivity (Wildman–Crippen MR) is 103 cm³/mol. The van der Waals surface area contributed by atoms with Gasteiger partial charge < -0.3 is 5.73 Å². The fourth-order valence-corrected chi connectivity index (χ4v) is 4.02. The third-order valence-electron chi connectivity index (χ3n) is 4.38. The number of aromatic nitrogens is 4. The Balaban J connectivity index is 2.11. The van der Waals surface area contributed by atoms with Crippen molar-refractivity contribution in [3.63, 3.8) is 0 Å². The number of hydrogen-bond acceptors (Lipinski definition) is 6. The van der Waals surface area contributed by atoms with Gasteiger partial charge in [0.15, 0.2) is 5.65 Å². The van der Waals surface area contributed by atoms with Crippen molar-refractivity contribution in [3.05, 3.63) is 52.3 Å². The topological polar surface area (TPSA) is 92.9 Å². The molecule has 7 heteroatoms. The number of rotatable bonds is 2. The molecule has 0 spiro atoms. The van der Waals surface area contributed by atoms with E-state index in [2.05, 4.69) is 21.1 Å². The summed E-state index contributed by atoms with van der Waals surface area (Å²) < 4.78 is 1.78. The molecule has 0 unspecified atom stereocenters. The fraction of sp³-hybridized carbons (Fsp3) is 0.158. The predicted octanol–water partition coefficient (Wildman–Crippen LogP) is 3.90. The minimum Gasteiger partial charge on any atom is -0.383 e. The molecule has 4 heterocycles. The molecule has 26 heavy (non-hydrogen) atoms. The Hall–Kier alpha value is -3.24. The van der Waals surface area contributed by atoms with Gasteiger partial charge in [-0.25, -0.2) is 14.5 Å². The first-order valence-electron chi connectivity index (χ1n) is 8.07. The van der Waals surface area contributed by atoms with E-state index in [1.165, 1.54) is 0 Å². The highest BCUT2D eigenvalue weighted by molar-refractivity contribution is 7.13. The zero-order chi connectivity index (χ0) is 18.4. The monoisotopic (exact) mass is 360 g/mol. The summed E-state index contributed by atoms with van der Waals surface area (Å²) in [4.78, 5) is 10.1. The number of thiophene rings is 1. The van der Waals surface area contributed by atoms with E-state index < -0.39 is 0 Å². The quantitative estimate of drug-likeness (QED) is 0.585. The summed E-state index contributed by atoms with van der Waals surface area (Å²) in [6.07, 6.45) is 1.75. The molecule has 4 aromatic heterocycles. The number of nitrogens with zero attached hydrogens (tertiary/aromatic N) is 5. The molecule has 0 saturated heterocycles. The normalized spacial score (nSPS) is 11.0. The SMILES string of the molecule is Cc1cc(C)n2ncc(-c3c(C)c(-c4cccs4)nc(N)c3C#N)c2n1. The van der Waals surface area contributed by atoms with Crippen LogP contribution in [0.25, 0.3) is 27.3 Å². The Labute approximate surface area is 154 Å². The van der Waals surface area contributed by atoms with Crippen molar-refractivity contribution in [2.24, 2.45) is 0 Å². The average Bonchev–Trinajstić information content (AvgIpc) is 3.26. The lowest BCUT2D eigenvalue weighted by Crippen LogP contribution is -2.03. The van der Waals surface area contributed by atoms with Gasteiger partial charge in [0.1, 0.15) is 17.5 Å². The number of fused-ring (bicyclic) bond motifs is 1. The van der Waals surface area contributed by atoms with E-state index in [0.717, 1.165) is 38.6 Å². The lowest BCUT2D eigenvalue weighted by molar-refractivity contribution is 0.886. The summed E-state index contributed by atoms with van der Waals surface area (Å²) in [6, 6.07) is 8.15. The molecule has 0 atom stereocenters. The van der Waals surface area contributed by atoms with Crippen LogP contribution in [0.15, 0.2) is 29.8 Å². The van der Waals surface area contributed by atoms with E-state index in [1.54, 1.807) is 22.0 Å². The molecule has 6 nitrogen and oxygen atoms in total. The molecule has 4 rings (SSSR count). The molecule has 128 valence electrons. The van der Waals surface area contributed by atoms with E-state index >= 15 is 0 Å². The minimum atomic E-state index is 0.222. The molecule has 0 saturated carbocycles. The van der Waals surface area contributed by atoms with Crippen molar-refractivity contribution in [2.75, 3.05) is 5.73 Å². The van der Waals surface area contributed by atoms with Gasteiger partial charge in [-0.05, 0) is 43.8 Å². The number of nitrogens with two attached hydrogens (primary N) is 1. The Bertz CT molecular complexity index is 1180. The second-order valence-electron chi connectivity index (χ2n) is 6.14. The molecule has 0 fully saturated rings. The number of aryl methyl sites for hydroxylation is 2. The standard InChI is InChI=1S/C19H16N6S/c1-10-7-11(2)25-19(23-10)14(9-22-25)16-12(3)17(15-5-4-6-26-15)24-18(21)13(16)8-20/h4-7,9H,1-3H3,(H2,21,24). The highest BCUT2D eigenvalue weighted by Gasteiger charge is 2.22. The highest BCUT2D eigenvalue weighted by atomic mass is 32.1. The van der Waals surface area contributed by atoms with Crippen LogP contribution in [-0.2, 0) is 0 Å². The number of nitriles is 1. The Morgan fingerprint density at radius 1 is 1.23 bits per heavy atom. The van der Waals surface area contributed by atoms with Crippen LogP contribution in [0.1, 0.15) is 22.5 Å². The zero-order valence-corrected chi connectivity index (χ0v) is 15.4. The van der Waals surface area contributed by atoms with Crippen LogP contribution < -0.4 is 5.73 Å². The molecule has 0 aliphatic heterocycles. The van der Waals surface area contributed by atoms with Gasteiger partial charge in [-0.2, -0.15) is 10.4 Å². The Kier molecular flexibility index (Phi) is 3.71. The van der Waals surface area contributed by atoms with Crippen LogP contribution in [0, 0.1) is 32.1 Å². The van der Waals surface area contributed by atoms with E-state index in [9.17, 15) is 5.26 Å². The Morgan fingerprint density at radius 3 is 2.73 bits per heavy atom. The maximum Gasteiger partial charge on any atom is 0.163 e. The summed E-state index contributed by atoms with van der Waals surface area (Å²) in [5.41, 5.74) is 12.3. The van der Waals surface area contributed by atoms with Crippen LogP contribution in [0.4, 0.5) is 5.82 Å². The number of anilines is 1. The van der Waals surface area contributed by atoms with Crippen LogP contribution in [-0.4, -0.2) is 19.6 Å². The van der Waals surface area contributed by atoms with Gasteiger partial charge in [-0.1, -0.05) is 6.07 Å². The van der Waals surface area contributed by atoms with E-state index in [4.69, 9.17) is 5.73 Å². The molecule has 0 amide bonds. The molecular weight excluding hydrogens is 344 g/mol. The van der Waals surface area contributed by atoms with Crippen molar-refractivity contribution < 1.29 is 0 Å². The molecule has 0 radical (unpaired) electrons. The van der Waals surface area contributed by atoms with Gasteiger partial charge >= 0.3 is 0 Å². The first-order chi connectivity index (χ1) is 12.5. The summed E-state index contributed by atoms with van der Waals surface area (Å²) >= 11 is 1.59. The molecular formula is C19H16N6S. The number of nitrogen functional groups attached to an aromatic ring is 1. The van der Waals surface area contributed by atoms with Gasteiger partial charge in [0.05, 0.1) is 16.8 Å². The largest absolute Gasteiger partial charge is 0.383 e. The highest BCUT2D eigenvalue weighted by Crippen LogP contribution is 2.38. The zero-order valence-electron chi connectivity index (χ0n) is 14.6. The van der Waals surface area contributed by atoms with Gasteiger partial charge in [-0.3, -0.25) is 0 Å². The minimum absolute atomic E-state index is 0.222. The molecule has 0 aliphatic rings. The van der Waals surface area contributed by atoms with Crippen LogP contribution in [0.3, 0.4) is 0 Å². The van der Waals surface area contributed by atoms with Crippen molar-refractivity contribution in [1.29, 1.82) is 5.26 Å². The van der Waals surface area contributed by atoms with Crippen molar-refractivity contribution in [1.82, 2.24) is 19.6 Å². The van der Waals surface area contributed by atoms with Crippen LogP contribution in [0.5, 0.6) is 0 Å². The maximum absolute atomic E-state index is 9.71. The molecule has 0 aromatic carbocycles. The smallest absolute Gasteiger partial charge is 0.163 e. The first-order valence-corrected chi connectivity index (χ1v) is 8.95. The van der Waals surface area contributed by atoms with Crippen molar-refractivity contribution in [2.45, 2.75) is 20.8 Å². The lowest BCUT2D eigenvalue weighted by atomic mass is 9.96. The summed E-state index contributed by atoms with van der Waals surface area (Å²) in [5.74, 6) is 0.222. The molecule has 0 aliphatic carbocycles. The Morgan fingerprint density at radius 2 is 2.04 bits per heavy atom.